The Morgan fingerprint density at radius 2 is 1.05 bits per heavy atom. The third-order valence-electron chi connectivity index (χ3n) is 9.80. The number of carbonyl (C=O) groups excluding carboxylic acids is 4. The molecule has 62 heavy (non-hydrogen) atoms. The molecule has 0 aromatic heterocycles. The highest BCUT2D eigenvalue weighted by molar-refractivity contribution is 6.03. The third-order valence-corrected chi connectivity index (χ3v) is 9.80. The molecule has 0 aliphatic heterocycles. The highest BCUT2D eigenvalue weighted by Crippen LogP contribution is 2.35. The Morgan fingerprint density at radius 1 is 0.613 bits per heavy atom. The van der Waals surface area contributed by atoms with Gasteiger partial charge in [-0.25, -0.2) is 4.85 Å². The minimum absolute atomic E-state index is 0.0269. The molecule has 12 heteroatoms. The zero-order valence-electron chi connectivity index (χ0n) is 36.2. The van der Waals surface area contributed by atoms with Crippen LogP contribution >= 0.6 is 0 Å². The summed E-state index contributed by atoms with van der Waals surface area (Å²) in [5.41, 5.74) is 1.61. The SMILES string of the molecule is [C-]#[N+]C(C(=O)OCC(C)(C)COC(=O)CCCCC(=O)OCC(C)(C)COC(=O)C(C#N)C(c1ccccc1)c1ccc(OC)cc1)=C(c1ccccc1)c1ccc(OC)cc1. The summed E-state index contributed by atoms with van der Waals surface area (Å²) >= 11 is 0. The fourth-order valence-corrected chi connectivity index (χ4v) is 6.32. The van der Waals surface area contributed by atoms with Crippen LogP contribution in [0.3, 0.4) is 0 Å². The van der Waals surface area contributed by atoms with Crippen LogP contribution in [-0.2, 0) is 38.1 Å². The second-order valence-electron chi connectivity index (χ2n) is 16.2. The maximum Gasteiger partial charge on any atom is 0.336 e. The van der Waals surface area contributed by atoms with Gasteiger partial charge in [0, 0.05) is 35.2 Å². The van der Waals surface area contributed by atoms with Gasteiger partial charge in [-0.3, -0.25) is 19.2 Å². The lowest BCUT2D eigenvalue weighted by molar-refractivity contribution is -0.155. The summed E-state index contributed by atoms with van der Waals surface area (Å²) in [6.45, 7) is 14.7. The standard InChI is InChI=1S/C50H54N2O10/c1-49(2,33-61-47(55)41(30-51)44(35-16-10-8-11-17-35)37-22-26-39(57-6)27-23-37)31-59-42(53)20-14-15-21-43(54)60-32-50(3,4)34-62-48(56)46(52-5)45(36-18-12-9-13-19-36)38-24-28-40(58-7)29-25-38/h8-13,16-19,22-29,41,44H,14-15,20-21,31-34H2,1-4,6-7H3. The van der Waals surface area contributed by atoms with Crippen LogP contribution in [0.4, 0.5) is 0 Å². The number of methoxy groups -OCH3 is 2. The second-order valence-corrected chi connectivity index (χ2v) is 16.2. The first-order valence-electron chi connectivity index (χ1n) is 20.3. The monoisotopic (exact) mass is 842 g/mol. The molecule has 0 heterocycles. The summed E-state index contributed by atoms with van der Waals surface area (Å²) in [7, 11) is 3.12. The van der Waals surface area contributed by atoms with Crippen LogP contribution in [0.2, 0.25) is 0 Å². The van der Waals surface area contributed by atoms with Gasteiger partial charge in [0.05, 0.1) is 53.3 Å². The summed E-state index contributed by atoms with van der Waals surface area (Å²) in [6.07, 6.45) is 0.895. The van der Waals surface area contributed by atoms with Crippen molar-refractivity contribution in [2.45, 2.75) is 59.3 Å². The van der Waals surface area contributed by atoms with Crippen LogP contribution in [0.25, 0.3) is 10.4 Å². The van der Waals surface area contributed by atoms with Crippen molar-refractivity contribution in [2.75, 3.05) is 40.6 Å². The van der Waals surface area contributed by atoms with E-state index in [-0.39, 0.29) is 45.0 Å². The van der Waals surface area contributed by atoms with E-state index >= 15 is 0 Å². The molecule has 4 aromatic rings. The van der Waals surface area contributed by atoms with E-state index in [1.54, 1.807) is 78.3 Å². The second kappa shape index (κ2) is 23.2. The van der Waals surface area contributed by atoms with Crippen LogP contribution in [-0.4, -0.2) is 64.5 Å². The predicted molar refractivity (Wildman–Crippen MR) is 232 cm³/mol. The van der Waals surface area contributed by atoms with E-state index < -0.39 is 46.5 Å². The number of nitrogens with zero attached hydrogens (tertiary/aromatic N) is 2. The van der Waals surface area contributed by atoms with Gasteiger partial charge >= 0.3 is 23.9 Å². The summed E-state index contributed by atoms with van der Waals surface area (Å²) in [6, 6.07) is 34.8. The van der Waals surface area contributed by atoms with E-state index in [0.29, 0.717) is 41.0 Å². The molecule has 2 unspecified atom stereocenters. The molecule has 0 saturated heterocycles. The van der Waals surface area contributed by atoms with E-state index in [1.807, 2.05) is 72.8 Å². The third kappa shape index (κ3) is 14.4. The molecule has 0 saturated carbocycles. The number of hydrogen-bond acceptors (Lipinski definition) is 11. The normalized spacial score (nSPS) is 12.6. The molecule has 0 N–H and O–H groups in total. The summed E-state index contributed by atoms with van der Waals surface area (Å²) < 4.78 is 32.8. The Kier molecular flexibility index (Phi) is 17.9. The Labute approximate surface area is 364 Å². The number of ether oxygens (including phenoxy) is 6. The van der Waals surface area contributed by atoms with Crippen molar-refractivity contribution in [3.63, 3.8) is 0 Å². The number of hydrogen-bond donors (Lipinski definition) is 0. The highest BCUT2D eigenvalue weighted by Gasteiger charge is 2.34. The highest BCUT2D eigenvalue weighted by atomic mass is 16.6. The zero-order valence-corrected chi connectivity index (χ0v) is 36.2. The first kappa shape index (κ1) is 47.8. The number of carbonyl (C=O) groups is 4. The number of benzene rings is 4. The van der Waals surface area contributed by atoms with E-state index in [2.05, 4.69) is 10.9 Å². The van der Waals surface area contributed by atoms with Crippen molar-refractivity contribution in [1.29, 1.82) is 5.26 Å². The van der Waals surface area contributed by atoms with Gasteiger partial charge in [-0.1, -0.05) is 113 Å². The van der Waals surface area contributed by atoms with Crippen molar-refractivity contribution >= 4 is 29.5 Å². The van der Waals surface area contributed by atoms with E-state index in [4.69, 9.17) is 35.0 Å². The molecule has 0 aliphatic carbocycles. The summed E-state index contributed by atoms with van der Waals surface area (Å²) in [5.74, 6) is -2.84. The quantitative estimate of drug-likeness (QED) is 0.0245. The van der Waals surface area contributed by atoms with Crippen molar-refractivity contribution < 1.29 is 47.6 Å². The van der Waals surface area contributed by atoms with Crippen LogP contribution in [0, 0.1) is 34.7 Å². The first-order valence-corrected chi connectivity index (χ1v) is 20.3. The molecule has 0 radical (unpaired) electrons. The lowest BCUT2D eigenvalue weighted by Crippen LogP contribution is -2.32. The van der Waals surface area contributed by atoms with E-state index in [9.17, 15) is 24.4 Å². The first-order chi connectivity index (χ1) is 29.7. The van der Waals surface area contributed by atoms with E-state index in [0.717, 1.165) is 11.1 Å². The van der Waals surface area contributed by atoms with Crippen molar-refractivity contribution in [3.05, 3.63) is 149 Å². The van der Waals surface area contributed by atoms with Gasteiger partial charge in [0.15, 0.2) is 5.92 Å². The van der Waals surface area contributed by atoms with Crippen LogP contribution in [0.5, 0.6) is 11.5 Å². The zero-order chi connectivity index (χ0) is 45.1. The molecule has 2 atom stereocenters. The number of unbranched alkanes of at least 4 members (excludes halogenated alkanes) is 1. The Bertz CT molecular complexity index is 2220. The number of nitriles is 1. The Hall–Kier alpha value is -6.92. The van der Waals surface area contributed by atoms with Gasteiger partial charge in [0.1, 0.15) is 11.5 Å². The maximum absolute atomic E-state index is 13.4. The molecule has 0 amide bonds. The largest absolute Gasteiger partial charge is 0.497 e. The molecular formula is C50H54N2O10. The lowest BCUT2D eigenvalue weighted by Gasteiger charge is -2.26. The van der Waals surface area contributed by atoms with Crippen LogP contribution in [0.15, 0.2) is 115 Å². The molecule has 324 valence electrons. The van der Waals surface area contributed by atoms with Gasteiger partial charge in [-0.05, 0) is 59.4 Å². The molecule has 12 nitrogen and oxygen atoms in total. The molecule has 0 aliphatic rings. The Balaban J connectivity index is 1.19. The number of rotatable bonds is 22. The van der Waals surface area contributed by atoms with Crippen molar-refractivity contribution in [1.82, 2.24) is 0 Å². The maximum atomic E-state index is 13.4. The molecular weight excluding hydrogens is 789 g/mol. The molecule has 0 bridgehead atoms. The van der Waals surface area contributed by atoms with Crippen LogP contribution in [0.1, 0.15) is 81.5 Å². The molecule has 4 rings (SSSR count). The van der Waals surface area contributed by atoms with E-state index in [1.165, 1.54) is 0 Å². The molecule has 0 spiro atoms. The molecule has 4 aromatic carbocycles. The smallest absolute Gasteiger partial charge is 0.336 e. The Morgan fingerprint density at radius 3 is 1.53 bits per heavy atom. The summed E-state index contributed by atoms with van der Waals surface area (Å²) in [5, 5.41) is 10.1. The van der Waals surface area contributed by atoms with Crippen LogP contribution < -0.4 is 9.47 Å². The van der Waals surface area contributed by atoms with Gasteiger partial charge in [0.25, 0.3) is 5.70 Å². The van der Waals surface area contributed by atoms with Gasteiger partial charge in [-0.2, -0.15) is 5.26 Å². The average molecular weight is 843 g/mol. The lowest BCUT2D eigenvalue weighted by atomic mass is 9.81. The fraction of sp³-hybridized carbons (Fsp3) is 0.360. The summed E-state index contributed by atoms with van der Waals surface area (Å²) in [4.78, 5) is 55.4. The topological polar surface area (TPSA) is 152 Å². The number of esters is 4. The minimum Gasteiger partial charge on any atom is -0.497 e. The minimum atomic E-state index is -1.13. The predicted octanol–water partition coefficient (Wildman–Crippen LogP) is 9.14. The van der Waals surface area contributed by atoms with Gasteiger partial charge < -0.3 is 28.4 Å². The van der Waals surface area contributed by atoms with Crippen molar-refractivity contribution in [3.8, 4) is 17.6 Å². The van der Waals surface area contributed by atoms with Gasteiger partial charge in [-0.15, -0.1) is 0 Å². The fourth-order valence-electron chi connectivity index (χ4n) is 6.32. The average Bonchev–Trinajstić information content (AvgIpc) is 3.29. The van der Waals surface area contributed by atoms with Gasteiger partial charge in [0.2, 0.25) is 0 Å². The van der Waals surface area contributed by atoms with Crippen molar-refractivity contribution in [2.24, 2.45) is 16.7 Å². The molecule has 0 fully saturated rings.